The lowest BCUT2D eigenvalue weighted by Gasteiger charge is -2.23. The minimum absolute atomic E-state index is 0.0658. The van der Waals surface area contributed by atoms with E-state index in [1.807, 2.05) is 30.3 Å². The van der Waals surface area contributed by atoms with Crippen molar-refractivity contribution in [1.29, 1.82) is 0 Å². The van der Waals surface area contributed by atoms with Gasteiger partial charge in [-0.05, 0) is 50.6 Å². The van der Waals surface area contributed by atoms with Crippen molar-refractivity contribution in [3.63, 3.8) is 0 Å². The fraction of sp³-hybridized carbons (Fsp3) is 0.214. The molecule has 0 aliphatic heterocycles. The number of halogens is 1. The SMILES string of the molecule is CC(C)(C)OC(=O)NCC(NC(=O)c1ccc(Cl)c(NC(=O)c2cc3cncnc3[nH]c2=O)c1)c1ccccc1. The predicted octanol–water partition coefficient (Wildman–Crippen LogP) is 4.22. The highest BCUT2D eigenvalue weighted by molar-refractivity contribution is 6.34. The number of hydrogen-bond acceptors (Lipinski definition) is 7. The first kappa shape index (κ1) is 28.2. The van der Waals surface area contributed by atoms with Crippen LogP contribution in [0.25, 0.3) is 11.0 Å². The Bertz CT molecular complexity index is 1620. The first-order chi connectivity index (χ1) is 19.0. The minimum Gasteiger partial charge on any atom is -0.444 e. The van der Waals surface area contributed by atoms with Gasteiger partial charge in [0.25, 0.3) is 17.4 Å². The average Bonchev–Trinajstić information content (AvgIpc) is 2.91. The van der Waals surface area contributed by atoms with Crippen LogP contribution >= 0.6 is 11.6 Å². The molecule has 0 radical (unpaired) electrons. The Labute approximate surface area is 234 Å². The van der Waals surface area contributed by atoms with Crippen LogP contribution in [-0.2, 0) is 4.74 Å². The third kappa shape index (κ3) is 7.20. The number of aromatic nitrogens is 3. The van der Waals surface area contributed by atoms with Crippen molar-refractivity contribution in [3.8, 4) is 0 Å². The molecule has 0 fully saturated rings. The van der Waals surface area contributed by atoms with Crippen LogP contribution in [0.1, 0.15) is 53.1 Å². The summed E-state index contributed by atoms with van der Waals surface area (Å²) in [7, 11) is 0. The molecule has 11 nitrogen and oxygen atoms in total. The number of nitrogens with one attached hydrogen (secondary N) is 4. The maximum Gasteiger partial charge on any atom is 0.407 e. The highest BCUT2D eigenvalue weighted by atomic mass is 35.5. The molecule has 2 heterocycles. The molecule has 12 heteroatoms. The van der Waals surface area contributed by atoms with Gasteiger partial charge >= 0.3 is 6.09 Å². The molecule has 0 bridgehead atoms. The van der Waals surface area contributed by atoms with Crippen LogP contribution in [0.4, 0.5) is 10.5 Å². The van der Waals surface area contributed by atoms with Gasteiger partial charge in [-0.15, -0.1) is 0 Å². The Kier molecular flexibility index (Phi) is 8.44. The van der Waals surface area contributed by atoms with E-state index < -0.39 is 35.1 Å². The normalized spacial score (nSPS) is 11.9. The molecule has 40 heavy (non-hydrogen) atoms. The quantitative estimate of drug-likeness (QED) is 0.263. The third-order valence-electron chi connectivity index (χ3n) is 5.60. The number of aromatic amines is 1. The van der Waals surface area contributed by atoms with E-state index >= 15 is 0 Å². The second-order valence-electron chi connectivity index (χ2n) is 9.81. The highest BCUT2D eigenvalue weighted by Crippen LogP contribution is 2.24. The molecule has 2 aromatic carbocycles. The molecule has 0 saturated carbocycles. The number of carbonyl (C=O) groups excluding carboxylic acids is 3. The first-order valence-corrected chi connectivity index (χ1v) is 12.6. The maximum atomic E-state index is 13.2. The fourth-order valence-corrected chi connectivity index (χ4v) is 3.91. The number of hydrogen-bond donors (Lipinski definition) is 4. The molecular weight excluding hydrogens is 536 g/mol. The zero-order chi connectivity index (χ0) is 28.9. The van der Waals surface area contributed by atoms with Crippen LogP contribution in [0.2, 0.25) is 5.02 Å². The Hall–Kier alpha value is -4.77. The number of rotatable bonds is 7. The molecule has 2 aromatic heterocycles. The van der Waals surface area contributed by atoms with E-state index in [-0.39, 0.29) is 28.4 Å². The summed E-state index contributed by atoms with van der Waals surface area (Å²) >= 11 is 6.29. The lowest BCUT2D eigenvalue weighted by atomic mass is 10.1. The van der Waals surface area contributed by atoms with E-state index in [9.17, 15) is 19.2 Å². The van der Waals surface area contributed by atoms with Gasteiger partial charge in [0.1, 0.15) is 23.1 Å². The first-order valence-electron chi connectivity index (χ1n) is 12.3. The summed E-state index contributed by atoms with van der Waals surface area (Å²) in [4.78, 5) is 61.2. The largest absolute Gasteiger partial charge is 0.444 e. The van der Waals surface area contributed by atoms with E-state index in [0.29, 0.717) is 11.0 Å². The molecule has 1 unspecified atom stereocenters. The molecule has 0 spiro atoms. The molecule has 0 aliphatic carbocycles. The molecule has 4 N–H and O–H groups in total. The summed E-state index contributed by atoms with van der Waals surface area (Å²) in [5.74, 6) is -1.21. The summed E-state index contributed by atoms with van der Waals surface area (Å²) in [5.41, 5.74) is -0.116. The van der Waals surface area contributed by atoms with Gasteiger partial charge in [0.05, 0.1) is 16.8 Å². The number of nitrogens with zero attached hydrogens (tertiary/aromatic N) is 2. The van der Waals surface area contributed by atoms with Gasteiger partial charge in [0.15, 0.2) is 0 Å². The summed E-state index contributed by atoms with van der Waals surface area (Å²) in [6.07, 6.45) is 2.13. The smallest absolute Gasteiger partial charge is 0.407 e. The summed E-state index contributed by atoms with van der Waals surface area (Å²) in [5, 5.41) is 8.80. The van der Waals surface area contributed by atoms with Gasteiger partial charge in [-0.3, -0.25) is 14.4 Å². The van der Waals surface area contributed by atoms with Gasteiger partial charge in [0, 0.05) is 23.7 Å². The van der Waals surface area contributed by atoms with Crippen molar-refractivity contribution >= 4 is 46.2 Å². The Balaban J connectivity index is 1.52. The van der Waals surface area contributed by atoms with E-state index in [1.54, 1.807) is 20.8 Å². The zero-order valence-electron chi connectivity index (χ0n) is 21.9. The standard InChI is InChI=1S/C28H27ClN6O5/c1-28(2,3)40-27(39)31-14-22(16-7-5-4-6-8-16)34-24(36)17-9-10-20(29)21(12-17)33-25(37)19-11-18-13-30-15-32-23(18)35-26(19)38/h4-13,15,22H,14H2,1-3H3,(H,31,39)(H,33,37)(H,34,36)(H,30,32,35,38). The monoisotopic (exact) mass is 562 g/mol. The molecule has 1 atom stereocenters. The Morgan fingerprint density at radius 1 is 1.05 bits per heavy atom. The molecule has 3 amide bonds. The van der Waals surface area contributed by atoms with Crippen molar-refractivity contribution in [2.24, 2.45) is 0 Å². The summed E-state index contributed by atoms with van der Waals surface area (Å²) in [6, 6.07) is 14.3. The number of fused-ring (bicyclic) bond motifs is 1. The average molecular weight is 563 g/mol. The maximum absolute atomic E-state index is 13.2. The second kappa shape index (κ2) is 12.0. The van der Waals surface area contributed by atoms with Crippen LogP contribution in [0.15, 0.2) is 71.9 Å². The Morgan fingerprint density at radius 2 is 1.80 bits per heavy atom. The van der Waals surface area contributed by atoms with E-state index in [2.05, 4.69) is 30.9 Å². The Morgan fingerprint density at radius 3 is 2.52 bits per heavy atom. The van der Waals surface area contributed by atoms with Gasteiger partial charge in [-0.2, -0.15) is 0 Å². The van der Waals surface area contributed by atoms with Crippen molar-refractivity contribution in [2.45, 2.75) is 32.4 Å². The van der Waals surface area contributed by atoms with Crippen LogP contribution in [0.5, 0.6) is 0 Å². The van der Waals surface area contributed by atoms with Crippen molar-refractivity contribution < 1.29 is 19.1 Å². The lowest BCUT2D eigenvalue weighted by molar-refractivity contribution is 0.0519. The van der Waals surface area contributed by atoms with Gasteiger partial charge in [-0.25, -0.2) is 14.8 Å². The van der Waals surface area contributed by atoms with Crippen molar-refractivity contribution in [3.05, 3.63) is 99.2 Å². The number of ether oxygens (including phenoxy) is 1. The van der Waals surface area contributed by atoms with E-state index in [1.165, 1.54) is 36.8 Å². The van der Waals surface area contributed by atoms with Gasteiger partial charge in [0.2, 0.25) is 0 Å². The van der Waals surface area contributed by atoms with E-state index in [4.69, 9.17) is 16.3 Å². The molecule has 4 aromatic rings. The zero-order valence-corrected chi connectivity index (χ0v) is 22.7. The second-order valence-corrected chi connectivity index (χ2v) is 10.2. The van der Waals surface area contributed by atoms with Gasteiger partial charge < -0.3 is 25.7 Å². The fourth-order valence-electron chi connectivity index (χ4n) is 3.75. The highest BCUT2D eigenvalue weighted by Gasteiger charge is 2.21. The molecular formula is C28H27ClN6O5. The molecule has 206 valence electrons. The van der Waals surface area contributed by atoms with Crippen LogP contribution in [0.3, 0.4) is 0 Å². The lowest BCUT2D eigenvalue weighted by Crippen LogP contribution is -2.40. The van der Waals surface area contributed by atoms with Gasteiger partial charge in [-0.1, -0.05) is 41.9 Å². The topological polar surface area (TPSA) is 155 Å². The third-order valence-corrected chi connectivity index (χ3v) is 5.92. The number of anilines is 1. The molecule has 0 saturated heterocycles. The van der Waals surface area contributed by atoms with Crippen molar-refractivity contribution in [2.75, 3.05) is 11.9 Å². The number of benzene rings is 2. The predicted molar refractivity (Wildman–Crippen MR) is 150 cm³/mol. The molecule has 0 aliphatic rings. The number of carbonyl (C=O) groups is 3. The summed E-state index contributed by atoms with van der Waals surface area (Å²) in [6.45, 7) is 5.33. The number of H-pyrrole nitrogens is 1. The minimum atomic E-state index is -0.727. The van der Waals surface area contributed by atoms with Crippen LogP contribution in [0, 0.1) is 0 Å². The number of alkyl carbamates (subject to hydrolysis) is 1. The van der Waals surface area contributed by atoms with Crippen LogP contribution in [-0.4, -0.2) is 45.0 Å². The van der Waals surface area contributed by atoms with Crippen LogP contribution < -0.4 is 21.5 Å². The van der Waals surface area contributed by atoms with E-state index in [0.717, 1.165) is 5.56 Å². The number of pyridine rings is 1. The molecule has 4 rings (SSSR count). The summed E-state index contributed by atoms with van der Waals surface area (Å²) < 4.78 is 5.30. The number of amides is 3. The van der Waals surface area contributed by atoms with Crippen molar-refractivity contribution in [1.82, 2.24) is 25.6 Å².